The molecule has 6 nitrogen and oxygen atoms in total. The zero-order chi connectivity index (χ0) is 18.8. The van der Waals surface area contributed by atoms with Crippen LogP contribution in [0, 0.1) is 0 Å². The Kier molecular flexibility index (Phi) is 3.18. The molecule has 4 heterocycles. The fourth-order valence-electron chi connectivity index (χ4n) is 3.68. The molecule has 0 saturated heterocycles. The smallest absolute Gasteiger partial charge is 0.241 e. The van der Waals surface area contributed by atoms with E-state index in [0.717, 1.165) is 27.5 Å². The van der Waals surface area contributed by atoms with Crippen molar-refractivity contribution in [1.82, 2.24) is 9.47 Å². The van der Waals surface area contributed by atoms with Gasteiger partial charge in [-0.25, -0.2) is 14.9 Å². The molecular formula is C20H10Cl2N6. The van der Waals surface area contributed by atoms with Gasteiger partial charge in [0.05, 0.1) is 16.7 Å². The average molecular weight is 405 g/mol. The van der Waals surface area contributed by atoms with Crippen molar-refractivity contribution in [3.8, 4) is 0 Å². The van der Waals surface area contributed by atoms with E-state index in [2.05, 4.69) is 22.1 Å². The summed E-state index contributed by atoms with van der Waals surface area (Å²) in [6, 6.07) is 16.3. The molecule has 134 valence electrons. The molecule has 0 bridgehead atoms. The molecule has 3 aliphatic rings. The SMILES string of the molecule is ClC1=CC2=CC(Cl)=NC3=NC(n4c5ccccc5c5ccccc54)=NC(=N1)N23. The van der Waals surface area contributed by atoms with E-state index in [-0.39, 0.29) is 0 Å². The number of hydrogen-bond acceptors (Lipinski definition) is 5. The second-order valence-corrected chi connectivity index (χ2v) is 7.19. The summed E-state index contributed by atoms with van der Waals surface area (Å²) in [5.74, 6) is 1.28. The van der Waals surface area contributed by atoms with Crippen molar-refractivity contribution in [1.29, 1.82) is 0 Å². The maximum absolute atomic E-state index is 6.20. The van der Waals surface area contributed by atoms with Gasteiger partial charge < -0.3 is 0 Å². The quantitative estimate of drug-likeness (QED) is 0.502. The molecule has 0 N–H and O–H groups in total. The van der Waals surface area contributed by atoms with Gasteiger partial charge >= 0.3 is 0 Å². The lowest BCUT2D eigenvalue weighted by atomic mass is 10.2. The molecule has 3 aliphatic heterocycles. The van der Waals surface area contributed by atoms with E-state index in [1.54, 1.807) is 17.1 Å². The first-order chi connectivity index (χ1) is 13.7. The van der Waals surface area contributed by atoms with Gasteiger partial charge in [0.15, 0.2) is 0 Å². The van der Waals surface area contributed by atoms with Crippen LogP contribution in [0.25, 0.3) is 21.8 Å². The molecule has 0 spiro atoms. The van der Waals surface area contributed by atoms with E-state index < -0.39 is 0 Å². The molecule has 3 aromatic rings. The lowest BCUT2D eigenvalue weighted by molar-refractivity contribution is 0.730. The molecule has 0 amide bonds. The lowest BCUT2D eigenvalue weighted by Crippen LogP contribution is -2.42. The first kappa shape index (κ1) is 15.8. The zero-order valence-corrected chi connectivity index (χ0v) is 15.7. The number of nitrogens with zero attached hydrogens (tertiary/aromatic N) is 6. The molecule has 0 saturated carbocycles. The van der Waals surface area contributed by atoms with Crippen LogP contribution in [0.3, 0.4) is 0 Å². The van der Waals surface area contributed by atoms with Gasteiger partial charge in [-0.05, 0) is 24.3 Å². The van der Waals surface area contributed by atoms with Crippen LogP contribution in [0.15, 0.2) is 91.5 Å². The van der Waals surface area contributed by atoms with E-state index in [1.807, 2.05) is 41.0 Å². The van der Waals surface area contributed by atoms with Crippen LogP contribution >= 0.6 is 23.2 Å². The molecule has 0 aliphatic carbocycles. The average Bonchev–Trinajstić information content (AvgIpc) is 3.01. The zero-order valence-electron chi connectivity index (χ0n) is 14.2. The molecule has 2 aromatic carbocycles. The minimum absolute atomic E-state index is 0.329. The lowest BCUT2D eigenvalue weighted by Gasteiger charge is -2.31. The minimum Gasteiger partial charge on any atom is -0.278 e. The summed E-state index contributed by atoms with van der Waals surface area (Å²) in [4.78, 5) is 19.9. The molecule has 0 fully saturated rings. The third-order valence-electron chi connectivity index (χ3n) is 4.79. The fourth-order valence-corrected chi connectivity index (χ4v) is 4.06. The second kappa shape index (κ2) is 5.64. The van der Waals surface area contributed by atoms with Crippen molar-refractivity contribution in [2.45, 2.75) is 0 Å². The molecule has 1 aromatic heterocycles. The van der Waals surface area contributed by atoms with Crippen LogP contribution in [0.4, 0.5) is 0 Å². The number of aromatic nitrogens is 1. The first-order valence-corrected chi connectivity index (χ1v) is 9.32. The molecular weight excluding hydrogens is 395 g/mol. The molecule has 6 rings (SSSR count). The number of hydrogen-bond donors (Lipinski definition) is 0. The van der Waals surface area contributed by atoms with Crippen LogP contribution < -0.4 is 0 Å². The van der Waals surface area contributed by atoms with Crippen molar-refractivity contribution in [3.05, 3.63) is 71.5 Å². The van der Waals surface area contributed by atoms with E-state index in [4.69, 9.17) is 33.2 Å². The summed E-state index contributed by atoms with van der Waals surface area (Å²) in [6.07, 6.45) is 3.41. The Morgan fingerprint density at radius 3 is 1.96 bits per heavy atom. The van der Waals surface area contributed by atoms with E-state index in [1.165, 1.54) is 0 Å². The molecule has 0 unspecified atom stereocenters. The van der Waals surface area contributed by atoms with E-state index >= 15 is 0 Å². The fraction of sp³-hybridized carbons (Fsp3) is 0. The van der Waals surface area contributed by atoms with Gasteiger partial charge in [-0.1, -0.05) is 59.6 Å². The number of para-hydroxylation sites is 2. The Balaban J connectivity index is 1.68. The van der Waals surface area contributed by atoms with Gasteiger partial charge in [-0.15, -0.1) is 0 Å². The minimum atomic E-state index is 0.329. The largest absolute Gasteiger partial charge is 0.278 e. The van der Waals surface area contributed by atoms with Crippen LogP contribution in [-0.2, 0) is 0 Å². The van der Waals surface area contributed by atoms with Gasteiger partial charge in [0, 0.05) is 10.8 Å². The third-order valence-corrected chi connectivity index (χ3v) is 5.17. The highest BCUT2D eigenvalue weighted by molar-refractivity contribution is 6.69. The maximum atomic E-state index is 6.20. The number of guanidine groups is 2. The third kappa shape index (κ3) is 2.16. The summed E-state index contributed by atoms with van der Waals surface area (Å²) in [5, 5.41) is 2.90. The predicted octanol–water partition coefficient (Wildman–Crippen LogP) is 4.65. The highest BCUT2D eigenvalue weighted by Crippen LogP contribution is 2.31. The Hall–Kier alpha value is -3.22. The van der Waals surface area contributed by atoms with Gasteiger partial charge in [-0.3, -0.25) is 4.57 Å². The summed E-state index contributed by atoms with van der Waals surface area (Å²) in [5.41, 5.74) is 2.73. The molecule has 28 heavy (non-hydrogen) atoms. The van der Waals surface area contributed by atoms with Crippen molar-refractivity contribution in [2.24, 2.45) is 20.0 Å². The monoisotopic (exact) mass is 404 g/mol. The maximum Gasteiger partial charge on any atom is 0.241 e. The highest BCUT2D eigenvalue weighted by atomic mass is 35.5. The van der Waals surface area contributed by atoms with Crippen molar-refractivity contribution >= 4 is 68.1 Å². The van der Waals surface area contributed by atoms with Crippen LogP contribution in [-0.4, -0.2) is 32.5 Å². The first-order valence-electron chi connectivity index (χ1n) is 8.57. The van der Waals surface area contributed by atoms with Crippen molar-refractivity contribution in [2.75, 3.05) is 0 Å². The normalized spacial score (nSPS) is 18.1. The summed E-state index contributed by atoms with van der Waals surface area (Å²) >= 11 is 12.4. The number of halogens is 2. The number of benzene rings is 2. The standard InChI is InChI=1S/C20H10Cl2N6/c21-16-9-11-10-17(22)24-19-26-20(25-18(23-16)27(11)19)28-14-7-3-1-5-12(14)13-6-2-4-8-15(13)28/h1-10H. The Labute approximate surface area is 169 Å². The number of allylic oxidation sites excluding steroid dienone is 2. The van der Waals surface area contributed by atoms with E-state index in [9.17, 15) is 0 Å². The van der Waals surface area contributed by atoms with Crippen LogP contribution in [0.5, 0.6) is 0 Å². The summed E-state index contributed by atoms with van der Waals surface area (Å²) < 4.78 is 2.01. The van der Waals surface area contributed by atoms with Gasteiger partial charge in [0.2, 0.25) is 17.9 Å². The molecule has 0 radical (unpaired) electrons. The van der Waals surface area contributed by atoms with Crippen LogP contribution in [0.2, 0.25) is 0 Å². The van der Waals surface area contributed by atoms with Crippen LogP contribution in [0.1, 0.15) is 0 Å². The van der Waals surface area contributed by atoms with E-state index in [0.29, 0.717) is 28.2 Å². The number of rotatable bonds is 0. The summed E-state index contributed by atoms with van der Waals surface area (Å²) in [7, 11) is 0. The predicted molar refractivity (Wildman–Crippen MR) is 114 cm³/mol. The Morgan fingerprint density at radius 2 is 1.25 bits per heavy atom. The van der Waals surface area contributed by atoms with Crippen molar-refractivity contribution < 1.29 is 0 Å². The Morgan fingerprint density at radius 1 is 0.643 bits per heavy atom. The summed E-state index contributed by atoms with van der Waals surface area (Å²) in [6.45, 7) is 0. The number of fused-ring (bicyclic) bond motifs is 3. The Bertz CT molecular complexity index is 1330. The number of aliphatic imine (C=N–C) groups is 4. The van der Waals surface area contributed by atoms with Gasteiger partial charge in [-0.2, -0.15) is 9.98 Å². The topological polar surface area (TPSA) is 57.6 Å². The van der Waals surface area contributed by atoms with Gasteiger partial charge in [0.25, 0.3) is 0 Å². The highest BCUT2D eigenvalue weighted by Gasteiger charge is 2.32. The molecule has 8 heteroatoms. The van der Waals surface area contributed by atoms with Gasteiger partial charge in [0.1, 0.15) is 10.3 Å². The second-order valence-electron chi connectivity index (χ2n) is 6.41. The molecule has 0 atom stereocenters. The van der Waals surface area contributed by atoms with Crippen molar-refractivity contribution in [3.63, 3.8) is 0 Å².